The SMILES string of the molecule is Cc1ccc(S(=O)(=O)N[C@H]2CCCC[C@@H]2NS(=O)(=O)c2ccc(Br)cc2)cc1. The van der Waals surface area contributed by atoms with Gasteiger partial charge in [-0.15, -0.1) is 0 Å². The van der Waals surface area contributed by atoms with Crippen molar-refractivity contribution < 1.29 is 16.8 Å². The van der Waals surface area contributed by atoms with Crippen LogP contribution < -0.4 is 9.44 Å². The van der Waals surface area contributed by atoms with Crippen LogP contribution in [-0.4, -0.2) is 28.9 Å². The molecule has 2 aromatic rings. The molecule has 0 bridgehead atoms. The van der Waals surface area contributed by atoms with Crippen molar-refractivity contribution >= 4 is 36.0 Å². The molecular weight excluding hydrogens is 464 g/mol. The van der Waals surface area contributed by atoms with Crippen molar-refractivity contribution in [2.45, 2.75) is 54.5 Å². The Bertz CT molecular complexity index is 935. The Labute approximate surface area is 175 Å². The average molecular weight is 487 g/mol. The first kappa shape index (κ1) is 21.4. The van der Waals surface area contributed by atoms with Gasteiger partial charge in [0.2, 0.25) is 20.0 Å². The predicted molar refractivity (Wildman–Crippen MR) is 112 cm³/mol. The van der Waals surface area contributed by atoms with Gasteiger partial charge in [-0.05, 0) is 56.2 Å². The van der Waals surface area contributed by atoms with Crippen molar-refractivity contribution in [3.63, 3.8) is 0 Å². The number of hydrogen-bond donors (Lipinski definition) is 2. The van der Waals surface area contributed by atoms with Gasteiger partial charge >= 0.3 is 0 Å². The van der Waals surface area contributed by atoms with Gasteiger partial charge in [-0.3, -0.25) is 0 Å². The molecule has 0 amide bonds. The van der Waals surface area contributed by atoms with Crippen molar-refractivity contribution in [2.24, 2.45) is 0 Å². The van der Waals surface area contributed by atoms with E-state index < -0.39 is 32.1 Å². The van der Waals surface area contributed by atoms with Crippen LogP contribution in [0.4, 0.5) is 0 Å². The summed E-state index contributed by atoms with van der Waals surface area (Å²) in [5.41, 5.74) is 0.969. The lowest BCUT2D eigenvalue weighted by atomic mass is 9.92. The van der Waals surface area contributed by atoms with Gasteiger partial charge in [-0.1, -0.05) is 46.5 Å². The minimum Gasteiger partial charge on any atom is -0.207 e. The molecule has 9 heteroatoms. The van der Waals surface area contributed by atoms with E-state index in [-0.39, 0.29) is 9.79 Å². The Morgan fingerprint density at radius 3 is 1.57 bits per heavy atom. The lowest BCUT2D eigenvalue weighted by Crippen LogP contribution is -2.52. The normalized spacial score (nSPS) is 20.8. The maximum Gasteiger partial charge on any atom is 0.240 e. The van der Waals surface area contributed by atoms with Gasteiger partial charge in [-0.2, -0.15) is 0 Å². The van der Waals surface area contributed by atoms with Crippen LogP contribution in [0, 0.1) is 6.92 Å². The molecule has 0 heterocycles. The smallest absolute Gasteiger partial charge is 0.207 e. The van der Waals surface area contributed by atoms with Crippen LogP contribution in [0.1, 0.15) is 31.2 Å². The van der Waals surface area contributed by atoms with Crippen molar-refractivity contribution in [3.05, 3.63) is 58.6 Å². The molecule has 6 nitrogen and oxygen atoms in total. The van der Waals surface area contributed by atoms with Crippen molar-refractivity contribution in [2.75, 3.05) is 0 Å². The first-order valence-electron chi connectivity index (χ1n) is 9.04. The predicted octanol–water partition coefficient (Wildman–Crippen LogP) is 3.33. The fraction of sp³-hybridized carbons (Fsp3) is 0.368. The summed E-state index contributed by atoms with van der Waals surface area (Å²) in [6.45, 7) is 1.89. The maximum atomic E-state index is 12.7. The van der Waals surface area contributed by atoms with Crippen LogP contribution in [-0.2, 0) is 20.0 Å². The third-order valence-electron chi connectivity index (χ3n) is 4.83. The molecule has 0 aliphatic heterocycles. The molecule has 2 atom stereocenters. The largest absolute Gasteiger partial charge is 0.240 e. The zero-order valence-electron chi connectivity index (χ0n) is 15.4. The van der Waals surface area contributed by atoms with Gasteiger partial charge in [0.25, 0.3) is 0 Å². The molecule has 0 radical (unpaired) electrons. The number of hydrogen-bond acceptors (Lipinski definition) is 4. The standard InChI is InChI=1S/C19H23BrN2O4S2/c1-14-6-10-16(11-7-14)27(23,24)21-18-4-2-3-5-19(18)22-28(25,26)17-12-8-15(20)9-13-17/h6-13,18-19,21-22H,2-5H2,1H3/t18-,19-/m0/s1. The number of aryl methyl sites for hydroxylation is 1. The summed E-state index contributed by atoms with van der Waals surface area (Å²) in [6, 6.07) is 11.9. The highest BCUT2D eigenvalue weighted by molar-refractivity contribution is 9.10. The van der Waals surface area contributed by atoms with Gasteiger partial charge in [-0.25, -0.2) is 26.3 Å². The Morgan fingerprint density at radius 1 is 0.750 bits per heavy atom. The summed E-state index contributed by atoms with van der Waals surface area (Å²) in [5, 5.41) is 0. The third kappa shape index (κ3) is 5.21. The van der Waals surface area contributed by atoms with Gasteiger partial charge < -0.3 is 0 Å². The fourth-order valence-electron chi connectivity index (χ4n) is 3.28. The maximum absolute atomic E-state index is 12.7. The first-order chi connectivity index (χ1) is 13.2. The van der Waals surface area contributed by atoms with Gasteiger partial charge in [0.1, 0.15) is 0 Å². The van der Waals surface area contributed by atoms with Crippen molar-refractivity contribution in [3.8, 4) is 0 Å². The minimum atomic E-state index is -3.74. The Balaban J connectivity index is 1.78. The summed E-state index contributed by atoms with van der Waals surface area (Å²) in [4.78, 5) is 0.333. The number of benzene rings is 2. The molecule has 1 saturated carbocycles. The van der Waals surface area contributed by atoms with E-state index in [9.17, 15) is 16.8 Å². The highest BCUT2D eigenvalue weighted by Gasteiger charge is 2.32. The van der Waals surface area contributed by atoms with E-state index in [1.807, 2.05) is 6.92 Å². The molecule has 2 N–H and O–H groups in total. The van der Waals surface area contributed by atoms with E-state index in [1.165, 1.54) is 12.1 Å². The zero-order valence-corrected chi connectivity index (χ0v) is 18.6. The number of nitrogens with one attached hydrogen (secondary N) is 2. The Hall–Kier alpha value is -1.26. The molecule has 152 valence electrons. The zero-order chi connectivity index (χ0) is 20.4. The Morgan fingerprint density at radius 2 is 1.14 bits per heavy atom. The number of sulfonamides is 2. The molecule has 0 saturated heterocycles. The number of halogens is 1. The summed E-state index contributed by atoms with van der Waals surface area (Å²) in [5.74, 6) is 0. The van der Waals surface area contributed by atoms with Crippen LogP contribution in [0.3, 0.4) is 0 Å². The van der Waals surface area contributed by atoms with Gasteiger partial charge in [0.15, 0.2) is 0 Å². The van der Waals surface area contributed by atoms with E-state index in [0.717, 1.165) is 22.9 Å². The molecule has 1 aliphatic carbocycles. The second-order valence-corrected chi connectivity index (χ2v) is 11.4. The fourth-order valence-corrected chi connectivity index (χ4v) is 6.17. The minimum absolute atomic E-state index is 0.154. The molecule has 1 fully saturated rings. The van der Waals surface area contributed by atoms with E-state index in [1.54, 1.807) is 36.4 Å². The van der Waals surface area contributed by atoms with E-state index in [0.29, 0.717) is 12.8 Å². The Kier molecular flexibility index (Phi) is 6.61. The molecule has 2 aromatic carbocycles. The van der Waals surface area contributed by atoms with Gasteiger partial charge in [0, 0.05) is 16.6 Å². The molecule has 28 heavy (non-hydrogen) atoms. The highest BCUT2D eigenvalue weighted by Crippen LogP contribution is 2.23. The first-order valence-corrected chi connectivity index (χ1v) is 12.8. The molecular formula is C19H23BrN2O4S2. The summed E-state index contributed by atoms with van der Waals surface area (Å²) >= 11 is 3.29. The lowest BCUT2D eigenvalue weighted by Gasteiger charge is -2.32. The lowest BCUT2D eigenvalue weighted by molar-refractivity contribution is 0.340. The monoisotopic (exact) mass is 486 g/mol. The number of rotatable bonds is 6. The van der Waals surface area contributed by atoms with Crippen molar-refractivity contribution in [1.29, 1.82) is 0 Å². The van der Waals surface area contributed by atoms with Crippen LogP contribution in [0.2, 0.25) is 0 Å². The third-order valence-corrected chi connectivity index (χ3v) is 8.37. The van der Waals surface area contributed by atoms with Crippen LogP contribution in [0.25, 0.3) is 0 Å². The van der Waals surface area contributed by atoms with E-state index >= 15 is 0 Å². The van der Waals surface area contributed by atoms with Crippen LogP contribution in [0.15, 0.2) is 62.8 Å². The summed E-state index contributed by atoms with van der Waals surface area (Å²) in [6.07, 6.45) is 2.85. The molecule has 0 spiro atoms. The van der Waals surface area contributed by atoms with Crippen LogP contribution >= 0.6 is 15.9 Å². The van der Waals surface area contributed by atoms with Gasteiger partial charge in [0.05, 0.1) is 9.79 Å². The summed E-state index contributed by atoms with van der Waals surface area (Å²) < 4.78 is 57.1. The van der Waals surface area contributed by atoms with E-state index in [4.69, 9.17) is 0 Å². The summed E-state index contributed by atoms with van der Waals surface area (Å²) in [7, 11) is -7.47. The molecule has 0 aromatic heterocycles. The quantitative estimate of drug-likeness (QED) is 0.654. The molecule has 1 aliphatic rings. The topological polar surface area (TPSA) is 92.3 Å². The second-order valence-electron chi connectivity index (χ2n) is 7.01. The van der Waals surface area contributed by atoms with E-state index in [2.05, 4.69) is 25.4 Å². The molecule has 3 rings (SSSR count). The second kappa shape index (κ2) is 8.62. The average Bonchev–Trinajstić information content (AvgIpc) is 2.64. The molecule has 0 unspecified atom stereocenters. The highest BCUT2D eigenvalue weighted by atomic mass is 79.9. The van der Waals surface area contributed by atoms with Crippen molar-refractivity contribution in [1.82, 2.24) is 9.44 Å². The van der Waals surface area contributed by atoms with Crippen LogP contribution in [0.5, 0.6) is 0 Å².